The molecule has 140 valence electrons. The molecule has 0 radical (unpaired) electrons. The molecule has 0 fully saturated rings. The summed E-state index contributed by atoms with van der Waals surface area (Å²) in [6, 6.07) is 13.2. The molecule has 5 nitrogen and oxygen atoms in total. The molecule has 6 heteroatoms. The second kappa shape index (κ2) is 8.31. The minimum Gasteiger partial charge on any atom is -0.497 e. The number of methoxy groups -OCH3 is 1. The number of carbonyl (C=O) groups excluding carboxylic acids is 1. The van der Waals surface area contributed by atoms with Gasteiger partial charge in [0.15, 0.2) is 0 Å². The fraction of sp³-hybridized carbons (Fsp3) is 0.238. The van der Waals surface area contributed by atoms with Crippen LogP contribution in [0.25, 0.3) is 0 Å². The van der Waals surface area contributed by atoms with Gasteiger partial charge in [-0.3, -0.25) is 4.79 Å². The lowest BCUT2D eigenvalue weighted by atomic mass is 10.0. The summed E-state index contributed by atoms with van der Waals surface area (Å²) in [7, 11) is 3.55. The lowest BCUT2D eigenvalue weighted by molar-refractivity contribution is 0.0940. The Balaban J connectivity index is 1.96. The zero-order valence-corrected chi connectivity index (χ0v) is 16.7. The number of ether oxygens (including phenoxy) is 1. The number of aromatic nitrogens is 2. The molecule has 27 heavy (non-hydrogen) atoms. The van der Waals surface area contributed by atoms with Crippen molar-refractivity contribution in [1.82, 2.24) is 14.9 Å². The van der Waals surface area contributed by atoms with Crippen molar-refractivity contribution in [1.29, 1.82) is 0 Å². The maximum absolute atomic E-state index is 13.1. The predicted octanol–water partition coefficient (Wildman–Crippen LogP) is 3.98. The molecule has 3 rings (SSSR count). The van der Waals surface area contributed by atoms with Crippen molar-refractivity contribution >= 4 is 17.7 Å². The molecular weight excluding hydrogens is 358 g/mol. The Hall–Kier alpha value is -2.73. The van der Waals surface area contributed by atoms with Crippen molar-refractivity contribution in [2.24, 2.45) is 7.05 Å². The van der Waals surface area contributed by atoms with Crippen LogP contribution in [0.15, 0.2) is 59.8 Å². The standard InChI is InChI=1S/C21H23N3O2S/c1-14-5-10-17(27-4)13-18(14)21(25)23-19(20-22-11-12-24(20)2)15-6-8-16(26-3)9-7-15/h5-13,19H,1-4H3,(H,23,25). The molecule has 2 aromatic carbocycles. The molecule has 1 N–H and O–H groups in total. The summed E-state index contributed by atoms with van der Waals surface area (Å²) < 4.78 is 7.16. The summed E-state index contributed by atoms with van der Waals surface area (Å²) in [5, 5.41) is 3.15. The van der Waals surface area contributed by atoms with Gasteiger partial charge in [-0.15, -0.1) is 11.8 Å². The van der Waals surface area contributed by atoms with E-state index < -0.39 is 0 Å². The Bertz CT molecular complexity index is 935. The molecule has 0 saturated heterocycles. The minimum absolute atomic E-state index is 0.118. The summed E-state index contributed by atoms with van der Waals surface area (Å²) in [5.41, 5.74) is 2.56. The molecule has 1 unspecified atom stereocenters. The number of thioether (sulfide) groups is 1. The first kappa shape index (κ1) is 19.0. The number of hydrogen-bond donors (Lipinski definition) is 1. The topological polar surface area (TPSA) is 56.1 Å². The van der Waals surface area contributed by atoms with E-state index >= 15 is 0 Å². The van der Waals surface area contributed by atoms with Crippen molar-refractivity contribution in [3.8, 4) is 5.75 Å². The van der Waals surface area contributed by atoms with Crippen LogP contribution in [0.1, 0.15) is 33.4 Å². The number of hydrogen-bond acceptors (Lipinski definition) is 4. The summed E-state index contributed by atoms with van der Waals surface area (Å²) in [6.07, 6.45) is 5.61. The van der Waals surface area contributed by atoms with E-state index in [-0.39, 0.29) is 11.9 Å². The van der Waals surface area contributed by atoms with E-state index in [0.29, 0.717) is 5.56 Å². The van der Waals surface area contributed by atoms with E-state index in [0.717, 1.165) is 27.6 Å². The Morgan fingerprint density at radius 1 is 1.22 bits per heavy atom. The number of imidazole rings is 1. The maximum atomic E-state index is 13.1. The normalized spacial score (nSPS) is 11.9. The molecule has 0 spiro atoms. The van der Waals surface area contributed by atoms with Gasteiger partial charge in [0.2, 0.25) is 0 Å². The summed E-state index contributed by atoms with van der Waals surface area (Å²) in [5.74, 6) is 1.42. The predicted molar refractivity (Wildman–Crippen MR) is 108 cm³/mol. The number of nitrogens with one attached hydrogen (secondary N) is 1. The number of aryl methyl sites for hydroxylation is 2. The maximum Gasteiger partial charge on any atom is 0.252 e. The van der Waals surface area contributed by atoms with Crippen LogP contribution in [0.3, 0.4) is 0 Å². The van der Waals surface area contributed by atoms with Crippen LogP contribution in [0.4, 0.5) is 0 Å². The monoisotopic (exact) mass is 381 g/mol. The third-order valence-electron chi connectivity index (χ3n) is 4.53. The van der Waals surface area contributed by atoms with Gasteiger partial charge in [0.1, 0.15) is 17.6 Å². The van der Waals surface area contributed by atoms with Crippen molar-refractivity contribution in [2.75, 3.05) is 13.4 Å². The van der Waals surface area contributed by atoms with Crippen molar-refractivity contribution < 1.29 is 9.53 Å². The van der Waals surface area contributed by atoms with Crippen LogP contribution in [-0.4, -0.2) is 28.8 Å². The molecule has 0 aliphatic rings. The third kappa shape index (κ3) is 4.17. The highest BCUT2D eigenvalue weighted by Gasteiger charge is 2.22. The Kier molecular flexibility index (Phi) is 5.86. The van der Waals surface area contributed by atoms with Gasteiger partial charge >= 0.3 is 0 Å². The SMILES string of the molecule is COc1ccc(C(NC(=O)c2cc(SC)ccc2C)c2nccn2C)cc1. The molecule has 0 saturated carbocycles. The molecule has 0 aliphatic heterocycles. The van der Waals surface area contributed by atoms with Gasteiger partial charge < -0.3 is 14.6 Å². The zero-order chi connectivity index (χ0) is 19.4. The number of carbonyl (C=O) groups is 1. The zero-order valence-electron chi connectivity index (χ0n) is 15.9. The molecule has 0 aliphatic carbocycles. The van der Waals surface area contributed by atoms with Gasteiger partial charge in [-0.1, -0.05) is 18.2 Å². The average Bonchev–Trinajstić information content (AvgIpc) is 3.12. The summed E-state index contributed by atoms with van der Waals surface area (Å²) in [6.45, 7) is 1.95. The van der Waals surface area contributed by atoms with Crippen LogP contribution < -0.4 is 10.1 Å². The van der Waals surface area contributed by atoms with Gasteiger partial charge in [0, 0.05) is 29.9 Å². The third-order valence-corrected chi connectivity index (χ3v) is 5.26. The molecule has 1 amide bonds. The summed E-state index contributed by atoms with van der Waals surface area (Å²) >= 11 is 1.62. The highest BCUT2D eigenvalue weighted by atomic mass is 32.2. The van der Waals surface area contributed by atoms with Crippen LogP contribution in [-0.2, 0) is 7.05 Å². The van der Waals surface area contributed by atoms with Crippen LogP contribution in [0.5, 0.6) is 5.75 Å². The largest absolute Gasteiger partial charge is 0.497 e. The second-order valence-corrected chi connectivity index (χ2v) is 7.14. The minimum atomic E-state index is -0.360. The Morgan fingerprint density at radius 3 is 2.56 bits per heavy atom. The molecule has 1 heterocycles. The fourth-order valence-electron chi connectivity index (χ4n) is 2.93. The van der Waals surface area contributed by atoms with Crippen molar-refractivity contribution in [3.63, 3.8) is 0 Å². The molecular formula is C21H23N3O2S. The second-order valence-electron chi connectivity index (χ2n) is 6.26. The van der Waals surface area contributed by atoms with Gasteiger partial charge in [0.05, 0.1) is 7.11 Å². The van der Waals surface area contributed by atoms with Crippen LogP contribution in [0, 0.1) is 6.92 Å². The van der Waals surface area contributed by atoms with Gasteiger partial charge in [-0.05, 0) is 48.6 Å². The van der Waals surface area contributed by atoms with Gasteiger partial charge in [-0.2, -0.15) is 0 Å². The van der Waals surface area contributed by atoms with E-state index in [1.807, 2.05) is 73.5 Å². The van der Waals surface area contributed by atoms with E-state index in [1.165, 1.54) is 0 Å². The van der Waals surface area contributed by atoms with E-state index in [4.69, 9.17) is 4.74 Å². The highest BCUT2D eigenvalue weighted by molar-refractivity contribution is 7.98. The number of nitrogens with zero attached hydrogens (tertiary/aromatic N) is 2. The highest BCUT2D eigenvalue weighted by Crippen LogP contribution is 2.25. The van der Waals surface area contributed by atoms with E-state index in [2.05, 4.69) is 10.3 Å². The van der Waals surface area contributed by atoms with Crippen molar-refractivity contribution in [3.05, 3.63) is 77.4 Å². The molecule has 1 aromatic heterocycles. The Morgan fingerprint density at radius 2 is 1.96 bits per heavy atom. The Labute approximate surface area is 163 Å². The van der Waals surface area contributed by atoms with E-state index in [9.17, 15) is 4.79 Å². The first-order chi connectivity index (χ1) is 13.0. The first-order valence-electron chi connectivity index (χ1n) is 8.60. The molecule has 3 aromatic rings. The molecule has 1 atom stereocenters. The van der Waals surface area contributed by atoms with Gasteiger partial charge in [-0.25, -0.2) is 4.98 Å². The number of amides is 1. The quantitative estimate of drug-likeness (QED) is 0.656. The number of benzene rings is 2. The van der Waals surface area contributed by atoms with E-state index in [1.54, 1.807) is 25.1 Å². The fourth-order valence-corrected chi connectivity index (χ4v) is 3.37. The van der Waals surface area contributed by atoms with Gasteiger partial charge in [0.25, 0.3) is 5.91 Å². The smallest absolute Gasteiger partial charge is 0.252 e. The van der Waals surface area contributed by atoms with Crippen molar-refractivity contribution in [2.45, 2.75) is 17.9 Å². The van der Waals surface area contributed by atoms with Crippen LogP contribution >= 0.6 is 11.8 Å². The number of rotatable bonds is 6. The summed E-state index contributed by atoms with van der Waals surface area (Å²) in [4.78, 5) is 18.6. The first-order valence-corrected chi connectivity index (χ1v) is 9.82. The average molecular weight is 382 g/mol. The molecule has 0 bridgehead atoms. The lowest BCUT2D eigenvalue weighted by Gasteiger charge is -2.20. The van der Waals surface area contributed by atoms with Crippen LogP contribution in [0.2, 0.25) is 0 Å². The lowest BCUT2D eigenvalue weighted by Crippen LogP contribution is -2.31.